The summed E-state index contributed by atoms with van der Waals surface area (Å²) < 4.78 is 1.90. The lowest BCUT2D eigenvalue weighted by atomic mass is 10.1. The van der Waals surface area contributed by atoms with Crippen LogP contribution in [0.2, 0.25) is 0 Å². The second kappa shape index (κ2) is 7.56. The molecule has 3 aromatic rings. The van der Waals surface area contributed by atoms with Gasteiger partial charge in [-0.3, -0.25) is 4.99 Å². The minimum absolute atomic E-state index is 0.850. The molecular weight excluding hydrogens is 324 g/mol. The van der Waals surface area contributed by atoms with E-state index < -0.39 is 0 Å². The molecule has 0 radical (unpaired) electrons. The van der Waals surface area contributed by atoms with Crippen LogP contribution in [0.15, 0.2) is 47.6 Å². The quantitative estimate of drug-likeness (QED) is 0.671. The van der Waals surface area contributed by atoms with Crippen molar-refractivity contribution in [2.45, 2.75) is 26.2 Å². The number of amidine groups is 1. The van der Waals surface area contributed by atoms with Crippen molar-refractivity contribution in [3.63, 3.8) is 0 Å². The average molecular weight is 348 g/mol. The van der Waals surface area contributed by atoms with E-state index in [-0.39, 0.29) is 0 Å². The first-order valence-corrected chi connectivity index (χ1v) is 9.33. The van der Waals surface area contributed by atoms with Crippen molar-refractivity contribution in [2.24, 2.45) is 4.99 Å². The number of benzene rings is 1. The van der Waals surface area contributed by atoms with Crippen LogP contribution in [-0.2, 0) is 0 Å². The number of anilines is 1. The van der Waals surface area contributed by atoms with E-state index in [1.165, 1.54) is 0 Å². The van der Waals surface area contributed by atoms with Gasteiger partial charge in [-0.15, -0.1) is 5.10 Å². The molecule has 3 heterocycles. The zero-order chi connectivity index (χ0) is 17.8. The van der Waals surface area contributed by atoms with E-state index in [2.05, 4.69) is 51.8 Å². The SMILES string of the molecule is CCCCNc1ccc2ncc(-c3ccc(C4=NCCCN4)cc3)n2n1. The molecule has 0 aliphatic carbocycles. The summed E-state index contributed by atoms with van der Waals surface area (Å²) in [7, 11) is 0. The summed E-state index contributed by atoms with van der Waals surface area (Å²) in [4.78, 5) is 9.04. The summed E-state index contributed by atoms with van der Waals surface area (Å²) in [6, 6.07) is 12.4. The molecule has 2 N–H and O–H groups in total. The lowest BCUT2D eigenvalue weighted by molar-refractivity contribution is 0.742. The molecule has 6 nitrogen and oxygen atoms in total. The molecule has 0 spiro atoms. The van der Waals surface area contributed by atoms with Crippen molar-refractivity contribution < 1.29 is 0 Å². The van der Waals surface area contributed by atoms with E-state index in [4.69, 9.17) is 5.10 Å². The van der Waals surface area contributed by atoms with Gasteiger partial charge in [0, 0.05) is 30.8 Å². The maximum Gasteiger partial charge on any atom is 0.154 e. The maximum atomic E-state index is 4.70. The summed E-state index contributed by atoms with van der Waals surface area (Å²) in [5.74, 6) is 1.86. The first-order valence-electron chi connectivity index (χ1n) is 9.33. The number of nitrogens with one attached hydrogen (secondary N) is 2. The van der Waals surface area contributed by atoms with Crippen LogP contribution in [0.1, 0.15) is 31.7 Å². The molecule has 4 rings (SSSR count). The zero-order valence-electron chi connectivity index (χ0n) is 15.1. The lowest BCUT2D eigenvalue weighted by Crippen LogP contribution is -2.30. The maximum absolute atomic E-state index is 4.70. The number of hydrogen-bond donors (Lipinski definition) is 2. The molecule has 26 heavy (non-hydrogen) atoms. The van der Waals surface area contributed by atoms with Gasteiger partial charge < -0.3 is 10.6 Å². The van der Waals surface area contributed by atoms with E-state index in [9.17, 15) is 0 Å². The third-order valence-electron chi connectivity index (χ3n) is 4.55. The number of rotatable bonds is 6. The predicted molar refractivity (Wildman–Crippen MR) is 106 cm³/mol. The molecule has 1 aliphatic rings. The van der Waals surface area contributed by atoms with Gasteiger partial charge in [0.1, 0.15) is 11.7 Å². The number of nitrogens with zero attached hydrogens (tertiary/aromatic N) is 4. The highest BCUT2D eigenvalue weighted by Crippen LogP contribution is 2.21. The van der Waals surface area contributed by atoms with Gasteiger partial charge in [-0.1, -0.05) is 37.6 Å². The van der Waals surface area contributed by atoms with Gasteiger partial charge in [0.25, 0.3) is 0 Å². The fraction of sp³-hybridized carbons (Fsp3) is 0.350. The molecule has 0 amide bonds. The number of fused-ring (bicyclic) bond motifs is 1. The van der Waals surface area contributed by atoms with Gasteiger partial charge in [-0.25, -0.2) is 9.50 Å². The lowest BCUT2D eigenvalue weighted by Gasteiger charge is -2.14. The molecule has 0 saturated carbocycles. The highest BCUT2D eigenvalue weighted by atomic mass is 15.3. The molecular formula is C20H24N6. The molecule has 1 aliphatic heterocycles. The highest BCUT2D eigenvalue weighted by Gasteiger charge is 2.10. The molecule has 134 valence electrons. The summed E-state index contributed by atoms with van der Waals surface area (Å²) in [6.07, 6.45) is 5.28. The number of unbranched alkanes of at least 4 members (excludes halogenated alkanes) is 1. The van der Waals surface area contributed by atoms with Crippen molar-refractivity contribution in [1.29, 1.82) is 0 Å². The fourth-order valence-corrected chi connectivity index (χ4v) is 3.08. The van der Waals surface area contributed by atoms with Crippen LogP contribution in [0.4, 0.5) is 5.82 Å². The highest BCUT2D eigenvalue weighted by molar-refractivity contribution is 5.99. The van der Waals surface area contributed by atoms with Crippen LogP contribution in [0.3, 0.4) is 0 Å². The van der Waals surface area contributed by atoms with E-state index >= 15 is 0 Å². The minimum Gasteiger partial charge on any atom is -0.370 e. The van der Waals surface area contributed by atoms with Crippen molar-refractivity contribution in [3.05, 3.63) is 48.2 Å². The number of imidazole rings is 1. The Morgan fingerprint density at radius 1 is 1.12 bits per heavy atom. The Kier molecular flexibility index (Phi) is 4.82. The van der Waals surface area contributed by atoms with Crippen LogP contribution < -0.4 is 10.6 Å². The Bertz CT molecular complexity index is 910. The summed E-state index contributed by atoms with van der Waals surface area (Å²) in [5.41, 5.74) is 4.06. The van der Waals surface area contributed by atoms with Crippen LogP contribution in [0, 0.1) is 0 Å². The van der Waals surface area contributed by atoms with E-state index in [1.54, 1.807) is 0 Å². The molecule has 0 saturated heterocycles. The molecule has 0 fully saturated rings. The molecule has 0 atom stereocenters. The van der Waals surface area contributed by atoms with Crippen molar-refractivity contribution >= 4 is 17.3 Å². The van der Waals surface area contributed by atoms with Crippen LogP contribution in [0.25, 0.3) is 16.9 Å². The van der Waals surface area contributed by atoms with Gasteiger partial charge >= 0.3 is 0 Å². The number of aliphatic imine (C=N–C) groups is 1. The number of hydrogen-bond acceptors (Lipinski definition) is 5. The Hall–Kier alpha value is -2.89. The number of aromatic nitrogens is 3. The van der Waals surface area contributed by atoms with E-state index in [1.807, 2.05) is 22.8 Å². The topological polar surface area (TPSA) is 66.6 Å². The third kappa shape index (κ3) is 3.40. The summed E-state index contributed by atoms with van der Waals surface area (Å²) in [5, 5.41) is 11.4. The Labute approximate surface area is 153 Å². The normalized spacial score (nSPS) is 14.1. The Morgan fingerprint density at radius 3 is 2.73 bits per heavy atom. The standard InChI is InChI=1S/C20H24N6/c1-2-3-11-21-18-9-10-19-24-14-17(26(19)25-18)15-5-7-16(8-6-15)20-22-12-4-13-23-20/h5-10,14H,2-4,11-13H2,1H3,(H,21,25)(H,22,23). The Balaban J connectivity index is 1.61. The van der Waals surface area contributed by atoms with Crippen LogP contribution in [-0.4, -0.2) is 40.1 Å². The molecule has 2 aromatic heterocycles. The second-order valence-electron chi connectivity index (χ2n) is 6.50. The molecule has 6 heteroatoms. The summed E-state index contributed by atoms with van der Waals surface area (Å²) >= 11 is 0. The zero-order valence-corrected chi connectivity index (χ0v) is 15.1. The van der Waals surface area contributed by atoms with Gasteiger partial charge in [0.05, 0.1) is 11.9 Å². The minimum atomic E-state index is 0.850. The first kappa shape index (κ1) is 16.6. The Morgan fingerprint density at radius 2 is 1.96 bits per heavy atom. The van der Waals surface area contributed by atoms with Gasteiger partial charge in [-0.05, 0) is 25.0 Å². The van der Waals surface area contributed by atoms with Crippen molar-refractivity contribution in [1.82, 2.24) is 19.9 Å². The van der Waals surface area contributed by atoms with Crippen molar-refractivity contribution in [2.75, 3.05) is 25.0 Å². The van der Waals surface area contributed by atoms with Crippen molar-refractivity contribution in [3.8, 4) is 11.3 Å². The molecule has 0 unspecified atom stereocenters. The van der Waals surface area contributed by atoms with Gasteiger partial charge in [0.15, 0.2) is 5.65 Å². The monoisotopic (exact) mass is 348 g/mol. The third-order valence-corrected chi connectivity index (χ3v) is 4.55. The van der Waals surface area contributed by atoms with E-state index in [0.29, 0.717) is 0 Å². The van der Waals surface area contributed by atoms with Crippen LogP contribution in [0.5, 0.6) is 0 Å². The van der Waals surface area contributed by atoms with Gasteiger partial charge in [-0.2, -0.15) is 0 Å². The largest absolute Gasteiger partial charge is 0.370 e. The first-order chi connectivity index (χ1) is 12.8. The smallest absolute Gasteiger partial charge is 0.154 e. The summed E-state index contributed by atoms with van der Waals surface area (Å²) in [6.45, 7) is 5.01. The average Bonchev–Trinajstić information content (AvgIpc) is 3.12. The second-order valence-corrected chi connectivity index (χ2v) is 6.50. The van der Waals surface area contributed by atoms with Gasteiger partial charge in [0.2, 0.25) is 0 Å². The van der Waals surface area contributed by atoms with E-state index in [0.717, 1.165) is 73.0 Å². The predicted octanol–water partition coefficient (Wildman–Crippen LogP) is 3.35. The van der Waals surface area contributed by atoms with Crippen LogP contribution >= 0.6 is 0 Å². The fourth-order valence-electron chi connectivity index (χ4n) is 3.08. The molecule has 0 bridgehead atoms. The molecule has 1 aromatic carbocycles.